The molecule has 1 N–H and O–H groups in total. The molecule has 0 aliphatic heterocycles. The van der Waals surface area contributed by atoms with Gasteiger partial charge in [-0.25, -0.2) is 0 Å². The molecule has 0 unspecified atom stereocenters. The number of Topliss-reactive ketones (excluding diaryl/α,β-unsaturated/α-hetero) is 1. The molecule has 0 saturated carbocycles. The Morgan fingerprint density at radius 2 is 1.92 bits per heavy atom. The maximum absolute atomic E-state index is 12.4. The average molecular weight is 353 g/mol. The number of benzene rings is 2. The molecule has 2 aromatic carbocycles. The highest BCUT2D eigenvalue weighted by Gasteiger charge is 2.19. The summed E-state index contributed by atoms with van der Waals surface area (Å²) in [6, 6.07) is 11.9. The number of rotatable bonds is 7. The van der Waals surface area contributed by atoms with Gasteiger partial charge < -0.3 is 14.6 Å². The normalized spacial score (nSPS) is 10.0. The minimum Gasteiger partial charge on any atom is -0.506 e. The van der Waals surface area contributed by atoms with Crippen LogP contribution in [0.5, 0.6) is 17.2 Å². The fraction of sp³-hybridized carbons (Fsp3) is 0.250. The molecule has 0 amide bonds. The van der Waals surface area contributed by atoms with Gasteiger partial charge in [0.2, 0.25) is 0 Å². The number of carbonyl (C=O) groups is 2. The van der Waals surface area contributed by atoms with Crippen molar-refractivity contribution in [1.29, 1.82) is 5.26 Å². The van der Waals surface area contributed by atoms with Crippen molar-refractivity contribution in [3.05, 3.63) is 53.1 Å². The van der Waals surface area contributed by atoms with E-state index >= 15 is 0 Å². The third-order valence-electron chi connectivity index (χ3n) is 3.69. The van der Waals surface area contributed by atoms with Gasteiger partial charge in [-0.1, -0.05) is 18.2 Å². The fourth-order valence-electron chi connectivity index (χ4n) is 2.35. The zero-order valence-electron chi connectivity index (χ0n) is 14.6. The molecule has 0 bridgehead atoms. The molecule has 0 aliphatic carbocycles. The summed E-state index contributed by atoms with van der Waals surface area (Å²) in [5.74, 6) is -0.547. The Bertz CT molecular complexity index is 867. The van der Waals surface area contributed by atoms with Crippen molar-refractivity contribution >= 4 is 11.8 Å². The number of hydrogen-bond donors (Lipinski definition) is 1. The van der Waals surface area contributed by atoms with E-state index in [0.29, 0.717) is 5.75 Å². The van der Waals surface area contributed by atoms with Crippen LogP contribution in [0.25, 0.3) is 0 Å². The molecule has 0 radical (unpaired) electrons. The van der Waals surface area contributed by atoms with Crippen molar-refractivity contribution < 1.29 is 24.2 Å². The molecule has 6 heteroatoms. The minimum atomic E-state index is -0.492. The van der Waals surface area contributed by atoms with Crippen LogP contribution in [-0.4, -0.2) is 23.5 Å². The number of nitriles is 1. The van der Waals surface area contributed by atoms with Crippen LogP contribution in [0, 0.1) is 18.3 Å². The van der Waals surface area contributed by atoms with Crippen LogP contribution >= 0.6 is 0 Å². The average Bonchev–Trinajstić information content (AvgIpc) is 2.63. The van der Waals surface area contributed by atoms with E-state index in [2.05, 4.69) is 0 Å². The van der Waals surface area contributed by atoms with Gasteiger partial charge in [-0.15, -0.1) is 0 Å². The lowest BCUT2D eigenvalue weighted by molar-refractivity contribution is -0.143. The number of phenolic OH excluding ortho intramolecular Hbond substituents is 1. The number of aryl methyl sites for hydroxylation is 1. The second-order valence-corrected chi connectivity index (χ2v) is 5.57. The third-order valence-corrected chi connectivity index (χ3v) is 3.69. The van der Waals surface area contributed by atoms with Crippen molar-refractivity contribution in [1.82, 2.24) is 0 Å². The zero-order valence-corrected chi connectivity index (χ0v) is 14.6. The molecule has 0 saturated heterocycles. The van der Waals surface area contributed by atoms with E-state index in [0.717, 1.165) is 5.56 Å². The SMILES string of the molecule is CCOC(=O)CCC(=O)c1cc(Oc2ccccc2C)cc(C#N)c1O. The molecule has 134 valence electrons. The van der Waals surface area contributed by atoms with E-state index in [1.165, 1.54) is 12.1 Å². The van der Waals surface area contributed by atoms with Crippen molar-refractivity contribution in [3.8, 4) is 23.3 Å². The lowest BCUT2D eigenvalue weighted by atomic mass is 10.0. The summed E-state index contributed by atoms with van der Waals surface area (Å²) >= 11 is 0. The summed E-state index contributed by atoms with van der Waals surface area (Å²) in [5, 5.41) is 19.4. The Morgan fingerprint density at radius 1 is 1.19 bits per heavy atom. The first-order chi connectivity index (χ1) is 12.5. The van der Waals surface area contributed by atoms with Crippen LogP contribution in [0.4, 0.5) is 0 Å². The van der Waals surface area contributed by atoms with Gasteiger partial charge in [-0.05, 0) is 31.5 Å². The van der Waals surface area contributed by atoms with E-state index in [-0.39, 0.29) is 36.3 Å². The number of nitrogens with zero attached hydrogens (tertiary/aromatic N) is 1. The lowest BCUT2D eigenvalue weighted by Crippen LogP contribution is -2.08. The van der Waals surface area contributed by atoms with Crippen LogP contribution in [0.3, 0.4) is 0 Å². The molecule has 26 heavy (non-hydrogen) atoms. The number of esters is 1. The monoisotopic (exact) mass is 353 g/mol. The molecule has 0 spiro atoms. The summed E-state index contributed by atoms with van der Waals surface area (Å²) in [6.45, 7) is 3.78. The Morgan fingerprint density at radius 3 is 2.58 bits per heavy atom. The van der Waals surface area contributed by atoms with E-state index < -0.39 is 17.5 Å². The third kappa shape index (κ3) is 4.61. The first-order valence-corrected chi connectivity index (χ1v) is 8.15. The van der Waals surface area contributed by atoms with Gasteiger partial charge in [0.15, 0.2) is 5.78 Å². The molecule has 0 atom stereocenters. The van der Waals surface area contributed by atoms with Gasteiger partial charge in [0.05, 0.1) is 24.2 Å². The second-order valence-electron chi connectivity index (χ2n) is 5.57. The van der Waals surface area contributed by atoms with E-state index in [4.69, 9.17) is 9.47 Å². The highest BCUT2D eigenvalue weighted by Crippen LogP contribution is 2.32. The smallest absolute Gasteiger partial charge is 0.306 e. The molecule has 6 nitrogen and oxygen atoms in total. The van der Waals surface area contributed by atoms with E-state index in [1.807, 2.05) is 25.1 Å². The first-order valence-electron chi connectivity index (χ1n) is 8.15. The summed E-state index contributed by atoms with van der Waals surface area (Å²) in [6.07, 6.45) is -0.234. The zero-order chi connectivity index (χ0) is 19.1. The number of para-hydroxylation sites is 1. The number of aromatic hydroxyl groups is 1. The largest absolute Gasteiger partial charge is 0.506 e. The summed E-state index contributed by atoms with van der Waals surface area (Å²) in [5.41, 5.74) is 0.752. The van der Waals surface area contributed by atoms with Gasteiger partial charge in [0.1, 0.15) is 23.3 Å². The van der Waals surface area contributed by atoms with E-state index in [9.17, 15) is 20.0 Å². The van der Waals surface area contributed by atoms with Crippen LogP contribution in [0.2, 0.25) is 0 Å². The van der Waals surface area contributed by atoms with Crippen molar-refractivity contribution in [2.45, 2.75) is 26.7 Å². The van der Waals surface area contributed by atoms with Crippen molar-refractivity contribution in [2.75, 3.05) is 6.61 Å². The molecule has 2 aromatic rings. The number of carbonyl (C=O) groups excluding carboxylic acids is 2. The lowest BCUT2D eigenvalue weighted by Gasteiger charge is -2.12. The number of phenols is 1. The molecule has 2 rings (SSSR count). The fourth-order valence-corrected chi connectivity index (χ4v) is 2.35. The van der Waals surface area contributed by atoms with Crippen LogP contribution < -0.4 is 4.74 Å². The number of ketones is 1. The van der Waals surface area contributed by atoms with Crippen molar-refractivity contribution in [2.24, 2.45) is 0 Å². The minimum absolute atomic E-state index is 0.0584. The van der Waals surface area contributed by atoms with Crippen LogP contribution in [-0.2, 0) is 9.53 Å². The summed E-state index contributed by atoms with van der Waals surface area (Å²) < 4.78 is 10.5. The van der Waals surface area contributed by atoms with Gasteiger partial charge in [-0.2, -0.15) is 5.26 Å². The van der Waals surface area contributed by atoms with Gasteiger partial charge in [0.25, 0.3) is 0 Å². The quantitative estimate of drug-likeness (QED) is 0.599. The number of hydrogen-bond acceptors (Lipinski definition) is 6. The maximum Gasteiger partial charge on any atom is 0.306 e. The molecule has 0 fully saturated rings. The second kappa shape index (κ2) is 8.67. The van der Waals surface area contributed by atoms with Crippen LogP contribution in [0.1, 0.15) is 41.3 Å². The maximum atomic E-state index is 12.4. The molecular weight excluding hydrogens is 334 g/mol. The highest BCUT2D eigenvalue weighted by atomic mass is 16.5. The Kier molecular flexibility index (Phi) is 6.34. The summed E-state index contributed by atoms with van der Waals surface area (Å²) in [4.78, 5) is 23.8. The van der Waals surface area contributed by atoms with Crippen LogP contribution in [0.15, 0.2) is 36.4 Å². The molecule has 0 aliphatic rings. The Balaban J connectivity index is 2.28. The highest BCUT2D eigenvalue weighted by molar-refractivity contribution is 6.00. The van der Waals surface area contributed by atoms with Gasteiger partial charge in [-0.3, -0.25) is 9.59 Å². The topological polar surface area (TPSA) is 96.6 Å². The Hall–Kier alpha value is -3.33. The predicted molar refractivity (Wildman–Crippen MR) is 94.3 cm³/mol. The van der Waals surface area contributed by atoms with Gasteiger partial charge in [0, 0.05) is 12.5 Å². The first kappa shape index (κ1) is 19.0. The number of ether oxygens (including phenoxy) is 2. The van der Waals surface area contributed by atoms with E-state index in [1.54, 1.807) is 19.1 Å². The molecular formula is C20H19NO5. The molecule has 0 heterocycles. The van der Waals surface area contributed by atoms with Crippen molar-refractivity contribution in [3.63, 3.8) is 0 Å². The standard InChI is InChI=1S/C20H19NO5/c1-3-25-19(23)9-8-17(22)16-11-15(10-14(12-21)20(16)24)26-18-7-5-4-6-13(18)2/h4-7,10-11,24H,3,8-9H2,1-2H3. The predicted octanol–water partition coefficient (Wildman–Crippen LogP) is 3.89. The molecule has 0 aromatic heterocycles. The Labute approximate surface area is 151 Å². The van der Waals surface area contributed by atoms with Gasteiger partial charge >= 0.3 is 5.97 Å². The summed E-state index contributed by atoms with van der Waals surface area (Å²) in [7, 11) is 0.